The van der Waals surface area contributed by atoms with E-state index in [4.69, 9.17) is 4.74 Å². The molecule has 0 aromatic heterocycles. The Morgan fingerprint density at radius 3 is 1.17 bits per heavy atom. The number of hydrogen-bond donors (Lipinski definition) is 2. The molecule has 0 rings (SSSR count). The van der Waals surface area contributed by atoms with Crippen LogP contribution in [0.25, 0.3) is 0 Å². The number of hydrogen-bond acceptors (Lipinski definition) is 4. The van der Waals surface area contributed by atoms with Gasteiger partial charge < -0.3 is 4.74 Å². The highest BCUT2D eigenvalue weighted by molar-refractivity contribution is 7.99. The Balaban J connectivity index is 3.06. The molecule has 180 valence electrons. The molecule has 0 radical (unpaired) electrons. The fourth-order valence-corrected chi connectivity index (χ4v) is 4.23. The van der Waals surface area contributed by atoms with Gasteiger partial charge in [-0.05, 0) is 6.42 Å². The van der Waals surface area contributed by atoms with Crippen molar-refractivity contribution >= 4 is 31.2 Å². The van der Waals surface area contributed by atoms with Gasteiger partial charge in [-0.2, -0.15) is 25.3 Å². The lowest BCUT2D eigenvalue weighted by molar-refractivity contribution is -0.143. The van der Waals surface area contributed by atoms with Gasteiger partial charge >= 0.3 is 5.97 Å². The molecular weight excluding hydrogens is 408 g/mol. The summed E-state index contributed by atoms with van der Waals surface area (Å²) in [6.07, 6.45) is 29.4. The number of carbonyl (C=O) groups excluding carboxylic acids is 1. The zero-order chi connectivity index (χ0) is 22.1. The molecule has 0 saturated carbocycles. The Morgan fingerprint density at radius 2 is 0.867 bits per heavy atom. The van der Waals surface area contributed by atoms with Crippen molar-refractivity contribution in [3.05, 3.63) is 0 Å². The van der Waals surface area contributed by atoms with Crippen LogP contribution in [0.5, 0.6) is 0 Å². The molecule has 0 heterocycles. The number of carbonyl (C=O) groups is 1. The lowest BCUT2D eigenvalue weighted by atomic mass is 10.0. The smallest absolute Gasteiger partial charge is 0.307 e. The van der Waals surface area contributed by atoms with E-state index in [1.54, 1.807) is 0 Å². The summed E-state index contributed by atoms with van der Waals surface area (Å²) in [5.41, 5.74) is 0. The molecule has 0 saturated heterocycles. The van der Waals surface area contributed by atoms with Crippen LogP contribution in [0.2, 0.25) is 0 Å². The van der Waals surface area contributed by atoms with E-state index >= 15 is 0 Å². The number of esters is 1. The lowest BCUT2D eigenvalue weighted by Crippen LogP contribution is -2.09. The molecule has 0 aliphatic rings. The maximum absolute atomic E-state index is 11.3. The average molecular weight is 461 g/mol. The van der Waals surface area contributed by atoms with Gasteiger partial charge in [-0.3, -0.25) is 4.79 Å². The fraction of sp³-hybridized carbons (Fsp3) is 0.962. The topological polar surface area (TPSA) is 26.3 Å². The summed E-state index contributed by atoms with van der Waals surface area (Å²) in [5.74, 6) is -0.182. The van der Waals surface area contributed by atoms with Gasteiger partial charge in [-0.25, -0.2) is 0 Å². The van der Waals surface area contributed by atoms with Gasteiger partial charge in [0.15, 0.2) is 0 Å². The minimum absolute atomic E-state index is 0.182. The second-order valence-corrected chi connectivity index (χ2v) is 10.6. The minimum Gasteiger partial charge on any atom is -0.466 e. The van der Waals surface area contributed by atoms with E-state index < -0.39 is 0 Å². The van der Waals surface area contributed by atoms with Crippen molar-refractivity contribution < 1.29 is 9.53 Å². The fourth-order valence-electron chi connectivity index (χ4n) is 3.93. The number of ether oxygens (including phenoxy) is 1. The van der Waals surface area contributed by atoms with Gasteiger partial charge in [0.05, 0.1) is 17.6 Å². The van der Waals surface area contributed by atoms with Crippen molar-refractivity contribution in [1.82, 2.24) is 0 Å². The molecule has 0 aromatic rings. The van der Waals surface area contributed by atoms with E-state index in [0.29, 0.717) is 6.61 Å². The number of unbranched alkanes of at least 4 members (excludes halogenated alkanes) is 20. The van der Waals surface area contributed by atoms with E-state index in [9.17, 15) is 4.79 Å². The van der Waals surface area contributed by atoms with E-state index in [1.165, 1.54) is 122 Å². The number of rotatable bonds is 24. The SMILES string of the molecule is CCCCCCCCCCCCCCCCCCCCCCCOC(=O)CC(S)S. The van der Waals surface area contributed by atoms with Crippen LogP contribution in [-0.4, -0.2) is 17.2 Å². The third-order valence-electron chi connectivity index (χ3n) is 5.86. The number of thiol groups is 2. The maximum Gasteiger partial charge on any atom is 0.307 e. The summed E-state index contributed by atoms with van der Waals surface area (Å²) in [6, 6.07) is 0. The average Bonchev–Trinajstić information content (AvgIpc) is 2.71. The normalized spacial score (nSPS) is 11.3. The molecule has 0 N–H and O–H groups in total. The summed E-state index contributed by atoms with van der Waals surface area (Å²) in [7, 11) is 0. The molecule has 0 fully saturated rings. The minimum atomic E-state index is -0.211. The predicted octanol–water partition coefficient (Wildman–Crippen LogP) is 9.32. The van der Waals surface area contributed by atoms with E-state index in [1.807, 2.05) is 0 Å². The molecule has 0 amide bonds. The second kappa shape index (κ2) is 25.4. The van der Waals surface area contributed by atoms with Crippen LogP contribution in [0, 0.1) is 0 Å². The Hall–Kier alpha value is 0.170. The molecule has 0 aromatic carbocycles. The van der Waals surface area contributed by atoms with E-state index in [-0.39, 0.29) is 17.0 Å². The van der Waals surface area contributed by atoms with Crippen molar-refractivity contribution in [1.29, 1.82) is 0 Å². The van der Waals surface area contributed by atoms with Crippen LogP contribution in [0.15, 0.2) is 0 Å². The van der Waals surface area contributed by atoms with Crippen molar-refractivity contribution in [2.24, 2.45) is 0 Å². The molecule has 0 spiro atoms. The molecule has 0 atom stereocenters. The maximum atomic E-state index is 11.3. The predicted molar refractivity (Wildman–Crippen MR) is 140 cm³/mol. The van der Waals surface area contributed by atoms with Gasteiger partial charge in [0.2, 0.25) is 0 Å². The highest BCUT2D eigenvalue weighted by atomic mass is 32.2. The van der Waals surface area contributed by atoms with E-state index in [0.717, 1.165) is 12.8 Å². The van der Waals surface area contributed by atoms with Crippen LogP contribution < -0.4 is 0 Å². The van der Waals surface area contributed by atoms with Gasteiger partial charge in [-0.1, -0.05) is 135 Å². The summed E-state index contributed by atoms with van der Waals surface area (Å²) in [6.45, 7) is 2.84. The Morgan fingerprint density at radius 1 is 0.567 bits per heavy atom. The first-order valence-corrected chi connectivity index (χ1v) is 14.2. The third-order valence-corrected chi connectivity index (χ3v) is 6.23. The molecular formula is C26H52O2S2. The van der Waals surface area contributed by atoms with Gasteiger partial charge in [0.25, 0.3) is 0 Å². The summed E-state index contributed by atoms with van der Waals surface area (Å²) in [5, 5.41) is 0. The van der Waals surface area contributed by atoms with Crippen LogP contribution in [-0.2, 0) is 9.53 Å². The first-order chi connectivity index (χ1) is 14.7. The molecule has 2 nitrogen and oxygen atoms in total. The standard InChI is InChI=1S/C26H52O2S2/c1-2-3-4-5-6-7-8-9-10-11-12-13-14-15-16-17-18-19-20-21-22-23-28-25(27)24-26(29)30/h26,29-30H,2-24H2,1H3. The molecule has 4 heteroatoms. The van der Waals surface area contributed by atoms with Crippen molar-refractivity contribution in [2.75, 3.05) is 6.61 Å². The third kappa shape index (κ3) is 26.2. The van der Waals surface area contributed by atoms with Crippen LogP contribution in [0.4, 0.5) is 0 Å². The summed E-state index contributed by atoms with van der Waals surface area (Å²) < 4.78 is 4.95. The Labute approximate surface area is 199 Å². The lowest BCUT2D eigenvalue weighted by Gasteiger charge is -2.06. The second-order valence-electron chi connectivity index (χ2n) is 8.98. The summed E-state index contributed by atoms with van der Waals surface area (Å²) in [4.78, 5) is 11.3. The van der Waals surface area contributed by atoms with Gasteiger partial charge in [-0.15, -0.1) is 0 Å². The van der Waals surface area contributed by atoms with Gasteiger partial charge in [0.1, 0.15) is 0 Å². The van der Waals surface area contributed by atoms with Crippen LogP contribution in [0.3, 0.4) is 0 Å². The van der Waals surface area contributed by atoms with Crippen LogP contribution in [0.1, 0.15) is 148 Å². The Bertz CT molecular complexity index is 348. The molecule has 0 unspecified atom stereocenters. The highest BCUT2D eigenvalue weighted by Crippen LogP contribution is 2.15. The quantitative estimate of drug-likeness (QED) is 0.0649. The first kappa shape index (κ1) is 30.2. The monoisotopic (exact) mass is 460 g/mol. The summed E-state index contributed by atoms with van der Waals surface area (Å²) >= 11 is 8.14. The molecule has 30 heavy (non-hydrogen) atoms. The van der Waals surface area contributed by atoms with Crippen molar-refractivity contribution in [3.8, 4) is 0 Å². The Kier molecular flexibility index (Phi) is 25.6. The molecule has 0 bridgehead atoms. The van der Waals surface area contributed by atoms with E-state index in [2.05, 4.69) is 32.2 Å². The molecule has 0 aliphatic carbocycles. The van der Waals surface area contributed by atoms with Crippen molar-refractivity contribution in [2.45, 2.75) is 153 Å². The zero-order valence-corrected chi connectivity index (χ0v) is 21.8. The van der Waals surface area contributed by atoms with Gasteiger partial charge in [0, 0.05) is 0 Å². The van der Waals surface area contributed by atoms with Crippen molar-refractivity contribution in [3.63, 3.8) is 0 Å². The largest absolute Gasteiger partial charge is 0.466 e. The first-order valence-electron chi connectivity index (χ1n) is 13.2. The molecule has 0 aliphatic heterocycles. The zero-order valence-electron chi connectivity index (χ0n) is 20.1. The van der Waals surface area contributed by atoms with Crippen LogP contribution >= 0.6 is 25.3 Å². The highest BCUT2D eigenvalue weighted by Gasteiger charge is 2.06.